The third-order valence-corrected chi connectivity index (χ3v) is 2.95. The molecule has 106 valence electrons. The van der Waals surface area contributed by atoms with Crippen molar-refractivity contribution in [2.24, 2.45) is 0 Å². The van der Waals surface area contributed by atoms with Crippen LogP contribution in [-0.2, 0) is 13.0 Å². The van der Waals surface area contributed by atoms with E-state index in [1.165, 1.54) is 5.56 Å². The van der Waals surface area contributed by atoms with E-state index in [9.17, 15) is 0 Å². The number of hydrogen-bond donors (Lipinski definition) is 1. The summed E-state index contributed by atoms with van der Waals surface area (Å²) in [5.41, 5.74) is 2.27. The van der Waals surface area contributed by atoms with Crippen LogP contribution in [-0.4, -0.2) is 23.3 Å². The van der Waals surface area contributed by atoms with Gasteiger partial charge in [0.2, 0.25) is 5.88 Å². The maximum Gasteiger partial charge on any atom is 0.233 e. The molecule has 0 bridgehead atoms. The number of ether oxygens (including phenoxy) is 1. The van der Waals surface area contributed by atoms with Gasteiger partial charge < -0.3 is 10.1 Å². The lowest BCUT2D eigenvalue weighted by Gasteiger charge is -2.05. The Morgan fingerprint density at radius 1 is 1.05 bits per heavy atom. The molecule has 2 aromatic rings. The number of nitrogens with zero attached hydrogens (tertiary/aromatic N) is 2. The van der Waals surface area contributed by atoms with Crippen LogP contribution in [0.25, 0.3) is 0 Å². The zero-order valence-electron chi connectivity index (χ0n) is 11.9. The highest BCUT2D eigenvalue weighted by Gasteiger charge is 1.99. The summed E-state index contributed by atoms with van der Waals surface area (Å²) in [6.07, 6.45) is 2.00. The van der Waals surface area contributed by atoms with Gasteiger partial charge in [0, 0.05) is 12.6 Å². The second-order valence-electron chi connectivity index (χ2n) is 4.58. The average molecular weight is 271 g/mol. The first-order valence-electron chi connectivity index (χ1n) is 7.08. The summed E-state index contributed by atoms with van der Waals surface area (Å²) < 4.78 is 5.59. The molecule has 1 aromatic carbocycles. The van der Waals surface area contributed by atoms with E-state index in [4.69, 9.17) is 4.74 Å². The van der Waals surface area contributed by atoms with Crippen LogP contribution < -0.4 is 10.1 Å². The van der Waals surface area contributed by atoms with Crippen LogP contribution in [0.1, 0.15) is 24.6 Å². The topological polar surface area (TPSA) is 47.0 Å². The molecular weight excluding hydrogens is 250 g/mol. The largest absolute Gasteiger partial charge is 0.477 e. The van der Waals surface area contributed by atoms with Crippen LogP contribution in [0.4, 0.5) is 0 Å². The highest BCUT2D eigenvalue weighted by Crippen LogP contribution is 2.07. The van der Waals surface area contributed by atoms with Gasteiger partial charge in [0.05, 0.1) is 12.3 Å². The molecule has 0 aliphatic heterocycles. The van der Waals surface area contributed by atoms with Crippen molar-refractivity contribution in [1.29, 1.82) is 0 Å². The first-order valence-corrected chi connectivity index (χ1v) is 7.08. The first kappa shape index (κ1) is 14.5. The summed E-state index contributed by atoms with van der Waals surface area (Å²) in [5.74, 6) is 0.596. The van der Waals surface area contributed by atoms with Gasteiger partial charge in [0.15, 0.2) is 0 Å². The molecule has 0 radical (unpaired) electrons. The monoisotopic (exact) mass is 271 g/mol. The summed E-state index contributed by atoms with van der Waals surface area (Å²) in [6.45, 7) is 4.41. The Morgan fingerprint density at radius 3 is 2.60 bits per heavy atom. The molecule has 0 unspecified atom stereocenters. The number of benzene rings is 1. The average Bonchev–Trinajstić information content (AvgIpc) is 2.52. The summed E-state index contributed by atoms with van der Waals surface area (Å²) in [6, 6.07) is 14.2. The molecular formula is C16H21N3O. The molecule has 1 heterocycles. The Labute approximate surface area is 120 Å². The van der Waals surface area contributed by atoms with E-state index in [-0.39, 0.29) is 0 Å². The van der Waals surface area contributed by atoms with Gasteiger partial charge in [-0.2, -0.15) is 5.10 Å². The maximum absolute atomic E-state index is 5.59. The molecule has 0 spiro atoms. The van der Waals surface area contributed by atoms with Crippen LogP contribution in [0, 0.1) is 0 Å². The summed E-state index contributed by atoms with van der Waals surface area (Å²) in [7, 11) is 0. The predicted octanol–water partition coefficient (Wildman–Crippen LogP) is 2.60. The van der Waals surface area contributed by atoms with Gasteiger partial charge in [-0.1, -0.05) is 37.3 Å². The Balaban J connectivity index is 1.69. The molecule has 20 heavy (non-hydrogen) atoms. The third-order valence-electron chi connectivity index (χ3n) is 2.95. The van der Waals surface area contributed by atoms with Gasteiger partial charge in [0.25, 0.3) is 0 Å². The van der Waals surface area contributed by atoms with Crippen LogP contribution in [0.5, 0.6) is 5.88 Å². The highest BCUT2D eigenvalue weighted by molar-refractivity contribution is 5.15. The number of nitrogens with one attached hydrogen (secondary N) is 1. The van der Waals surface area contributed by atoms with Crippen molar-refractivity contribution >= 4 is 0 Å². The van der Waals surface area contributed by atoms with Gasteiger partial charge in [-0.3, -0.25) is 0 Å². The van der Waals surface area contributed by atoms with Crippen molar-refractivity contribution in [3.05, 3.63) is 53.7 Å². The zero-order chi connectivity index (χ0) is 14.0. The van der Waals surface area contributed by atoms with E-state index in [2.05, 4.69) is 46.7 Å². The van der Waals surface area contributed by atoms with Crippen molar-refractivity contribution in [3.63, 3.8) is 0 Å². The standard InChI is InChI=1S/C16H21N3O/c1-2-17-13-15-10-11-16(19-18-15)20-12-6-9-14-7-4-3-5-8-14/h3-5,7-8,10-11,17H,2,6,9,12-13H2,1H3. The van der Waals surface area contributed by atoms with Crippen molar-refractivity contribution in [3.8, 4) is 5.88 Å². The quantitative estimate of drug-likeness (QED) is 0.750. The van der Waals surface area contributed by atoms with E-state index in [0.29, 0.717) is 12.5 Å². The lowest BCUT2D eigenvalue weighted by Crippen LogP contribution is -2.13. The first-order chi connectivity index (χ1) is 9.88. The molecule has 0 amide bonds. The number of aryl methyl sites for hydroxylation is 1. The molecule has 0 aliphatic carbocycles. The smallest absolute Gasteiger partial charge is 0.233 e. The fourth-order valence-corrected chi connectivity index (χ4v) is 1.87. The third kappa shape index (κ3) is 4.97. The van der Waals surface area contributed by atoms with Crippen molar-refractivity contribution in [2.45, 2.75) is 26.3 Å². The second-order valence-corrected chi connectivity index (χ2v) is 4.58. The number of hydrogen-bond acceptors (Lipinski definition) is 4. The predicted molar refractivity (Wildman–Crippen MR) is 79.7 cm³/mol. The Hall–Kier alpha value is -1.94. The highest BCUT2D eigenvalue weighted by atomic mass is 16.5. The van der Waals surface area contributed by atoms with E-state index in [1.807, 2.05) is 18.2 Å². The van der Waals surface area contributed by atoms with Crippen LogP contribution in [0.3, 0.4) is 0 Å². The van der Waals surface area contributed by atoms with Crippen LogP contribution >= 0.6 is 0 Å². The molecule has 0 atom stereocenters. The van der Waals surface area contributed by atoms with Crippen molar-refractivity contribution < 1.29 is 4.74 Å². The van der Waals surface area contributed by atoms with Gasteiger partial charge in [-0.25, -0.2) is 0 Å². The maximum atomic E-state index is 5.59. The Bertz CT molecular complexity index is 485. The van der Waals surface area contributed by atoms with Crippen molar-refractivity contribution in [2.75, 3.05) is 13.2 Å². The molecule has 4 nitrogen and oxygen atoms in total. The van der Waals surface area contributed by atoms with E-state index in [1.54, 1.807) is 0 Å². The molecule has 2 rings (SSSR count). The van der Waals surface area contributed by atoms with E-state index in [0.717, 1.165) is 31.6 Å². The normalized spacial score (nSPS) is 10.4. The Morgan fingerprint density at radius 2 is 1.90 bits per heavy atom. The fraction of sp³-hybridized carbons (Fsp3) is 0.375. The Kier molecular flexibility index (Phi) is 5.99. The lowest BCUT2D eigenvalue weighted by atomic mass is 10.1. The summed E-state index contributed by atoms with van der Waals surface area (Å²) in [4.78, 5) is 0. The van der Waals surface area contributed by atoms with Crippen molar-refractivity contribution in [1.82, 2.24) is 15.5 Å². The molecule has 0 fully saturated rings. The molecule has 1 N–H and O–H groups in total. The number of rotatable bonds is 8. The van der Waals surface area contributed by atoms with Gasteiger partial charge >= 0.3 is 0 Å². The van der Waals surface area contributed by atoms with Gasteiger partial charge in [-0.15, -0.1) is 5.10 Å². The minimum Gasteiger partial charge on any atom is -0.477 e. The van der Waals surface area contributed by atoms with Gasteiger partial charge in [0.1, 0.15) is 0 Å². The summed E-state index contributed by atoms with van der Waals surface area (Å²) in [5, 5.41) is 11.4. The molecule has 0 saturated heterocycles. The minimum absolute atomic E-state index is 0.596. The fourth-order valence-electron chi connectivity index (χ4n) is 1.87. The minimum atomic E-state index is 0.596. The second kappa shape index (κ2) is 8.27. The van der Waals surface area contributed by atoms with E-state index < -0.39 is 0 Å². The molecule has 0 saturated carbocycles. The zero-order valence-corrected chi connectivity index (χ0v) is 11.9. The van der Waals surface area contributed by atoms with Crippen LogP contribution in [0.2, 0.25) is 0 Å². The summed E-state index contributed by atoms with van der Waals surface area (Å²) >= 11 is 0. The SMILES string of the molecule is CCNCc1ccc(OCCCc2ccccc2)nn1. The molecule has 4 heteroatoms. The van der Waals surface area contributed by atoms with E-state index >= 15 is 0 Å². The lowest BCUT2D eigenvalue weighted by molar-refractivity contribution is 0.295. The molecule has 0 aliphatic rings. The molecule has 1 aromatic heterocycles. The van der Waals surface area contributed by atoms with Crippen LogP contribution in [0.15, 0.2) is 42.5 Å². The number of aromatic nitrogens is 2. The van der Waals surface area contributed by atoms with Gasteiger partial charge in [-0.05, 0) is 31.0 Å².